The lowest BCUT2D eigenvalue weighted by Crippen LogP contribution is -2.44. The molecular weight excluding hydrogens is 392 g/mol. The standard InChI is InChI=1S/C23H26N6O2/c24-23(31)18-13-20(28-22(15-18)29-11-9-25-10-12-29)17-6-8-27-21(14-17)26-7-5-16-1-3-19(30)4-2-16/h1-4,6,8,13-15,25,30H,5,7,9-12H2,(H2,24,31)(H,26,27). The quantitative estimate of drug-likeness (QED) is 0.464. The summed E-state index contributed by atoms with van der Waals surface area (Å²) in [6, 6.07) is 14.4. The van der Waals surface area contributed by atoms with Crippen LogP contribution in [0.5, 0.6) is 5.75 Å². The van der Waals surface area contributed by atoms with Gasteiger partial charge in [-0.3, -0.25) is 4.79 Å². The maximum absolute atomic E-state index is 11.9. The number of pyridine rings is 2. The summed E-state index contributed by atoms with van der Waals surface area (Å²) in [6.07, 6.45) is 2.52. The van der Waals surface area contributed by atoms with Crippen molar-refractivity contribution in [1.29, 1.82) is 0 Å². The zero-order valence-electron chi connectivity index (χ0n) is 17.2. The van der Waals surface area contributed by atoms with Gasteiger partial charge in [0.1, 0.15) is 17.4 Å². The van der Waals surface area contributed by atoms with E-state index in [-0.39, 0.29) is 5.75 Å². The molecule has 0 aliphatic carbocycles. The normalized spacial score (nSPS) is 13.7. The average Bonchev–Trinajstić information content (AvgIpc) is 2.81. The monoisotopic (exact) mass is 418 g/mol. The molecular formula is C23H26N6O2. The number of anilines is 2. The number of amides is 1. The maximum atomic E-state index is 11.9. The molecule has 2 aromatic heterocycles. The zero-order chi connectivity index (χ0) is 21.6. The van der Waals surface area contributed by atoms with E-state index in [1.807, 2.05) is 24.3 Å². The van der Waals surface area contributed by atoms with E-state index in [4.69, 9.17) is 10.7 Å². The van der Waals surface area contributed by atoms with Crippen molar-refractivity contribution >= 4 is 17.5 Å². The summed E-state index contributed by atoms with van der Waals surface area (Å²) in [5.74, 6) is 1.27. The summed E-state index contributed by atoms with van der Waals surface area (Å²) < 4.78 is 0. The lowest BCUT2D eigenvalue weighted by atomic mass is 10.1. The summed E-state index contributed by atoms with van der Waals surface area (Å²) in [5.41, 5.74) is 8.70. The molecule has 1 aromatic carbocycles. The van der Waals surface area contributed by atoms with Crippen molar-refractivity contribution in [3.05, 3.63) is 65.9 Å². The number of aromatic nitrogens is 2. The van der Waals surface area contributed by atoms with Crippen LogP contribution < -0.4 is 21.3 Å². The van der Waals surface area contributed by atoms with Crippen LogP contribution in [0.4, 0.5) is 11.6 Å². The highest BCUT2D eigenvalue weighted by atomic mass is 16.3. The van der Waals surface area contributed by atoms with E-state index in [0.717, 1.165) is 55.4 Å². The Balaban J connectivity index is 1.52. The largest absolute Gasteiger partial charge is 0.508 e. The molecule has 1 aliphatic heterocycles. The minimum absolute atomic E-state index is 0.261. The van der Waals surface area contributed by atoms with Gasteiger partial charge < -0.3 is 26.4 Å². The molecule has 0 saturated carbocycles. The second-order valence-electron chi connectivity index (χ2n) is 7.47. The average molecular weight is 419 g/mol. The third kappa shape index (κ3) is 5.29. The number of hydrogen-bond acceptors (Lipinski definition) is 7. The molecule has 1 aliphatic rings. The number of rotatable bonds is 7. The number of nitrogens with two attached hydrogens (primary N) is 1. The second-order valence-corrected chi connectivity index (χ2v) is 7.47. The van der Waals surface area contributed by atoms with E-state index >= 15 is 0 Å². The lowest BCUT2D eigenvalue weighted by molar-refractivity contribution is 0.1000. The summed E-state index contributed by atoms with van der Waals surface area (Å²) in [6.45, 7) is 4.11. The summed E-state index contributed by atoms with van der Waals surface area (Å²) >= 11 is 0. The topological polar surface area (TPSA) is 116 Å². The molecule has 3 heterocycles. The first-order valence-electron chi connectivity index (χ1n) is 10.3. The molecule has 0 radical (unpaired) electrons. The number of carbonyl (C=O) groups excluding carboxylic acids is 1. The summed E-state index contributed by atoms with van der Waals surface area (Å²) in [7, 11) is 0. The van der Waals surface area contributed by atoms with Gasteiger partial charge in [-0.25, -0.2) is 9.97 Å². The van der Waals surface area contributed by atoms with Gasteiger partial charge >= 0.3 is 0 Å². The molecule has 0 bridgehead atoms. The van der Waals surface area contributed by atoms with E-state index in [1.54, 1.807) is 30.5 Å². The SMILES string of the molecule is NC(=O)c1cc(-c2ccnc(NCCc3ccc(O)cc3)c2)nc(N2CCNCC2)c1. The van der Waals surface area contributed by atoms with Crippen molar-refractivity contribution in [2.24, 2.45) is 5.73 Å². The van der Waals surface area contributed by atoms with Crippen LogP contribution in [0, 0.1) is 0 Å². The third-order valence-electron chi connectivity index (χ3n) is 5.25. The molecule has 8 nitrogen and oxygen atoms in total. The van der Waals surface area contributed by atoms with Crippen LogP contribution in [-0.4, -0.2) is 53.7 Å². The molecule has 4 rings (SSSR count). The number of piperazine rings is 1. The van der Waals surface area contributed by atoms with Crippen LogP contribution in [0.2, 0.25) is 0 Å². The van der Waals surface area contributed by atoms with Gasteiger partial charge in [-0.05, 0) is 48.4 Å². The van der Waals surface area contributed by atoms with Crippen LogP contribution in [0.1, 0.15) is 15.9 Å². The van der Waals surface area contributed by atoms with E-state index in [0.29, 0.717) is 17.8 Å². The molecule has 1 amide bonds. The van der Waals surface area contributed by atoms with Crippen molar-refractivity contribution < 1.29 is 9.90 Å². The Kier molecular flexibility index (Phi) is 6.28. The van der Waals surface area contributed by atoms with Crippen molar-refractivity contribution in [2.75, 3.05) is 42.9 Å². The number of aromatic hydroxyl groups is 1. The van der Waals surface area contributed by atoms with E-state index in [9.17, 15) is 9.90 Å². The molecule has 160 valence electrons. The van der Waals surface area contributed by atoms with Gasteiger partial charge in [-0.15, -0.1) is 0 Å². The van der Waals surface area contributed by atoms with E-state index < -0.39 is 5.91 Å². The van der Waals surface area contributed by atoms with Crippen molar-refractivity contribution in [2.45, 2.75) is 6.42 Å². The van der Waals surface area contributed by atoms with Gasteiger partial charge in [0.15, 0.2) is 0 Å². The fourth-order valence-corrected chi connectivity index (χ4v) is 3.55. The van der Waals surface area contributed by atoms with Gasteiger partial charge in [0.25, 0.3) is 0 Å². The van der Waals surface area contributed by atoms with Crippen LogP contribution in [-0.2, 0) is 6.42 Å². The van der Waals surface area contributed by atoms with Gasteiger partial charge in [0, 0.05) is 50.0 Å². The van der Waals surface area contributed by atoms with E-state index in [1.165, 1.54) is 0 Å². The number of nitrogens with zero attached hydrogens (tertiary/aromatic N) is 3. The Hall–Kier alpha value is -3.65. The molecule has 1 saturated heterocycles. The molecule has 5 N–H and O–H groups in total. The molecule has 31 heavy (non-hydrogen) atoms. The van der Waals surface area contributed by atoms with Crippen molar-refractivity contribution in [3.8, 4) is 17.0 Å². The number of carbonyl (C=O) groups is 1. The molecule has 0 atom stereocenters. The predicted molar refractivity (Wildman–Crippen MR) is 121 cm³/mol. The van der Waals surface area contributed by atoms with E-state index in [2.05, 4.69) is 20.5 Å². The van der Waals surface area contributed by atoms with Crippen molar-refractivity contribution in [3.63, 3.8) is 0 Å². The highest BCUT2D eigenvalue weighted by molar-refractivity contribution is 5.94. The fourth-order valence-electron chi connectivity index (χ4n) is 3.55. The molecule has 3 aromatic rings. The highest BCUT2D eigenvalue weighted by Crippen LogP contribution is 2.25. The van der Waals surface area contributed by atoms with Crippen LogP contribution in [0.25, 0.3) is 11.3 Å². The number of nitrogens with one attached hydrogen (secondary N) is 2. The number of phenolic OH excluding ortho intramolecular Hbond substituents is 1. The van der Waals surface area contributed by atoms with Crippen molar-refractivity contribution in [1.82, 2.24) is 15.3 Å². The Labute approximate surface area is 181 Å². The smallest absolute Gasteiger partial charge is 0.248 e. The van der Waals surface area contributed by atoms with Crippen LogP contribution in [0.3, 0.4) is 0 Å². The third-order valence-corrected chi connectivity index (χ3v) is 5.25. The second kappa shape index (κ2) is 9.44. The Bertz CT molecular complexity index is 1050. The summed E-state index contributed by atoms with van der Waals surface area (Å²) in [5, 5.41) is 16.0. The molecule has 0 spiro atoms. The Morgan fingerprint density at radius 1 is 1.13 bits per heavy atom. The minimum Gasteiger partial charge on any atom is -0.508 e. The first kappa shape index (κ1) is 20.6. The zero-order valence-corrected chi connectivity index (χ0v) is 17.2. The summed E-state index contributed by atoms with van der Waals surface area (Å²) in [4.78, 5) is 23.3. The van der Waals surface area contributed by atoms with Crippen LogP contribution in [0.15, 0.2) is 54.7 Å². The Morgan fingerprint density at radius 3 is 2.65 bits per heavy atom. The first-order valence-corrected chi connectivity index (χ1v) is 10.3. The minimum atomic E-state index is -0.471. The fraction of sp³-hybridized carbons (Fsp3) is 0.261. The molecule has 8 heteroatoms. The number of primary amides is 1. The number of benzene rings is 1. The van der Waals surface area contributed by atoms with Crippen LogP contribution >= 0.6 is 0 Å². The van der Waals surface area contributed by atoms with Gasteiger partial charge in [0.05, 0.1) is 5.69 Å². The lowest BCUT2D eigenvalue weighted by Gasteiger charge is -2.29. The van der Waals surface area contributed by atoms with Gasteiger partial charge in [-0.2, -0.15) is 0 Å². The highest BCUT2D eigenvalue weighted by Gasteiger charge is 2.16. The van der Waals surface area contributed by atoms with Gasteiger partial charge in [-0.1, -0.05) is 12.1 Å². The first-order chi connectivity index (χ1) is 15.1. The predicted octanol–water partition coefficient (Wildman–Crippen LogP) is 2.01. The molecule has 0 unspecified atom stereocenters. The Morgan fingerprint density at radius 2 is 1.90 bits per heavy atom. The number of phenols is 1. The number of hydrogen-bond donors (Lipinski definition) is 4. The maximum Gasteiger partial charge on any atom is 0.248 e. The van der Waals surface area contributed by atoms with Gasteiger partial charge in [0.2, 0.25) is 5.91 Å². The molecule has 1 fully saturated rings.